The van der Waals surface area contributed by atoms with Crippen molar-refractivity contribution in [1.82, 2.24) is 19.9 Å². The number of hydrogen-bond acceptors (Lipinski definition) is 7. The third-order valence-electron chi connectivity index (χ3n) is 3.95. The van der Waals surface area contributed by atoms with Crippen LogP contribution < -0.4 is 0 Å². The monoisotopic (exact) mass is 374 g/mol. The number of ketones is 3. The van der Waals surface area contributed by atoms with Gasteiger partial charge in [-0.15, -0.1) is 0 Å². The topological polar surface area (TPSA) is 93.1 Å². The maximum atomic E-state index is 12.5. The van der Waals surface area contributed by atoms with E-state index in [9.17, 15) is 14.4 Å². The van der Waals surface area contributed by atoms with Crippen LogP contribution in [0.1, 0.15) is 31.5 Å². The van der Waals surface area contributed by atoms with E-state index in [0.29, 0.717) is 0 Å². The summed E-state index contributed by atoms with van der Waals surface area (Å²) in [5.74, 6) is -0.824. The molecule has 7 nitrogen and oxygen atoms in total. The standard InChI is InChI=1S/C21H18N4O3/c26-19(16-7-1-4-10-22-16)13-25(14-20(27)17-8-2-5-11-23-17)15-21(28)18-9-3-6-12-24-18/h1-12H,13-15H2. The van der Waals surface area contributed by atoms with Crippen molar-refractivity contribution in [2.45, 2.75) is 0 Å². The van der Waals surface area contributed by atoms with Gasteiger partial charge < -0.3 is 0 Å². The smallest absolute Gasteiger partial charge is 0.195 e. The number of aromatic nitrogens is 3. The van der Waals surface area contributed by atoms with E-state index in [1.54, 1.807) is 54.6 Å². The fraction of sp³-hybridized carbons (Fsp3) is 0.143. The first-order chi connectivity index (χ1) is 13.6. The summed E-state index contributed by atoms with van der Waals surface area (Å²) >= 11 is 0. The summed E-state index contributed by atoms with van der Waals surface area (Å²) in [5.41, 5.74) is 0.842. The molecule has 0 saturated heterocycles. The Kier molecular flexibility index (Phi) is 6.43. The van der Waals surface area contributed by atoms with E-state index in [1.165, 1.54) is 23.5 Å². The molecule has 0 fully saturated rings. The molecule has 0 amide bonds. The van der Waals surface area contributed by atoms with Crippen LogP contribution in [-0.2, 0) is 0 Å². The first-order valence-electron chi connectivity index (χ1n) is 8.68. The first-order valence-corrected chi connectivity index (χ1v) is 8.68. The van der Waals surface area contributed by atoms with Crippen molar-refractivity contribution in [1.29, 1.82) is 0 Å². The van der Waals surface area contributed by atoms with Gasteiger partial charge in [-0.2, -0.15) is 0 Å². The van der Waals surface area contributed by atoms with Crippen LogP contribution in [0.3, 0.4) is 0 Å². The molecule has 0 unspecified atom stereocenters. The lowest BCUT2D eigenvalue weighted by Gasteiger charge is -2.19. The summed E-state index contributed by atoms with van der Waals surface area (Å²) in [5, 5.41) is 0. The Morgan fingerprint density at radius 3 is 1.14 bits per heavy atom. The zero-order chi connectivity index (χ0) is 19.8. The van der Waals surface area contributed by atoms with Crippen molar-refractivity contribution in [2.75, 3.05) is 19.6 Å². The maximum Gasteiger partial charge on any atom is 0.195 e. The second kappa shape index (κ2) is 9.38. The zero-order valence-electron chi connectivity index (χ0n) is 15.1. The van der Waals surface area contributed by atoms with Gasteiger partial charge in [0.05, 0.1) is 19.6 Å². The third-order valence-corrected chi connectivity index (χ3v) is 3.95. The Morgan fingerprint density at radius 2 is 0.893 bits per heavy atom. The number of carbonyl (C=O) groups is 3. The van der Waals surface area contributed by atoms with Crippen LogP contribution in [0.4, 0.5) is 0 Å². The van der Waals surface area contributed by atoms with Crippen LogP contribution in [0.25, 0.3) is 0 Å². The van der Waals surface area contributed by atoms with Crippen LogP contribution >= 0.6 is 0 Å². The minimum Gasteiger partial charge on any atom is -0.291 e. The van der Waals surface area contributed by atoms with E-state index < -0.39 is 0 Å². The second-order valence-electron chi connectivity index (χ2n) is 6.06. The third kappa shape index (κ3) is 5.21. The van der Waals surface area contributed by atoms with Gasteiger partial charge in [-0.25, -0.2) is 0 Å². The molecular weight excluding hydrogens is 356 g/mol. The fourth-order valence-corrected chi connectivity index (χ4v) is 2.60. The van der Waals surface area contributed by atoms with Crippen molar-refractivity contribution in [3.05, 3.63) is 90.3 Å². The van der Waals surface area contributed by atoms with Gasteiger partial charge in [0.1, 0.15) is 17.1 Å². The quantitative estimate of drug-likeness (QED) is 0.530. The molecule has 3 heterocycles. The first kappa shape index (κ1) is 19.2. The van der Waals surface area contributed by atoms with Gasteiger partial charge in [-0.05, 0) is 36.4 Å². The van der Waals surface area contributed by atoms with Crippen molar-refractivity contribution < 1.29 is 14.4 Å². The molecule has 0 aromatic carbocycles. The predicted octanol–water partition coefficient (Wildman–Crippen LogP) is 2.12. The molecule has 0 spiro atoms. The Balaban J connectivity index is 1.76. The fourth-order valence-electron chi connectivity index (χ4n) is 2.60. The van der Waals surface area contributed by atoms with Gasteiger partial charge in [0.25, 0.3) is 0 Å². The van der Waals surface area contributed by atoms with Crippen LogP contribution in [0.15, 0.2) is 73.2 Å². The minimum absolute atomic E-state index is 0.117. The summed E-state index contributed by atoms with van der Waals surface area (Å²) < 4.78 is 0. The average Bonchev–Trinajstić information content (AvgIpc) is 2.75. The molecule has 28 heavy (non-hydrogen) atoms. The van der Waals surface area contributed by atoms with E-state index in [-0.39, 0.29) is 54.1 Å². The second-order valence-corrected chi connectivity index (χ2v) is 6.06. The van der Waals surface area contributed by atoms with Crippen LogP contribution in [0.5, 0.6) is 0 Å². The van der Waals surface area contributed by atoms with Crippen LogP contribution in [0.2, 0.25) is 0 Å². The summed E-state index contributed by atoms with van der Waals surface area (Å²) in [6.45, 7) is -0.351. The number of Topliss-reactive ketones (excluding diaryl/α,β-unsaturated/α-hetero) is 3. The highest BCUT2D eigenvalue weighted by Gasteiger charge is 2.21. The lowest BCUT2D eigenvalue weighted by molar-refractivity contribution is 0.0822. The van der Waals surface area contributed by atoms with Crippen molar-refractivity contribution in [2.24, 2.45) is 0 Å². The van der Waals surface area contributed by atoms with E-state index in [1.807, 2.05) is 0 Å². The van der Waals surface area contributed by atoms with Gasteiger partial charge >= 0.3 is 0 Å². The van der Waals surface area contributed by atoms with Gasteiger partial charge in [0.15, 0.2) is 17.3 Å². The molecule has 3 rings (SSSR count). The molecule has 0 atom stereocenters. The summed E-state index contributed by atoms with van der Waals surface area (Å²) in [6.07, 6.45) is 4.57. The Hall–Kier alpha value is -3.58. The molecule has 3 aromatic rings. The molecule has 0 aliphatic carbocycles. The minimum atomic E-state index is -0.275. The normalized spacial score (nSPS) is 10.6. The van der Waals surface area contributed by atoms with Crippen molar-refractivity contribution in [3.8, 4) is 0 Å². The highest BCUT2D eigenvalue weighted by molar-refractivity contribution is 6.00. The molecule has 0 N–H and O–H groups in total. The maximum absolute atomic E-state index is 12.5. The molecule has 3 aromatic heterocycles. The van der Waals surface area contributed by atoms with Crippen molar-refractivity contribution in [3.63, 3.8) is 0 Å². The van der Waals surface area contributed by atoms with E-state index >= 15 is 0 Å². The molecular formula is C21H18N4O3. The molecule has 0 saturated carbocycles. The van der Waals surface area contributed by atoms with E-state index in [4.69, 9.17) is 0 Å². The Labute approximate surface area is 162 Å². The Bertz CT molecular complexity index is 820. The zero-order valence-corrected chi connectivity index (χ0v) is 15.1. The van der Waals surface area contributed by atoms with Gasteiger partial charge in [0, 0.05) is 18.6 Å². The lowest BCUT2D eigenvalue weighted by Crippen LogP contribution is -2.39. The summed E-state index contributed by atoms with van der Waals surface area (Å²) in [6, 6.07) is 15.1. The molecule has 0 aliphatic heterocycles. The number of rotatable bonds is 9. The van der Waals surface area contributed by atoms with Crippen molar-refractivity contribution >= 4 is 17.3 Å². The largest absolute Gasteiger partial charge is 0.291 e. The average molecular weight is 374 g/mol. The van der Waals surface area contributed by atoms with Crippen LogP contribution in [-0.4, -0.2) is 56.8 Å². The van der Waals surface area contributed by atoms with E-state index in [0.717, 1.165) is 0 Å². The highest BCUT2D eigenvalue weighted by Crippen LogP contribution is 2.05. The van der Waals surface area contributed by atoms with Crippen LogP contribution in [0, 0.1) is 0 Å². The summed E-state index contributed by atoms with van der Waals surface area (Å²) in [4.78, 5) is 51.2. The molecule has 0 aliphatic rings. The van der Waals surface area contributed by atoms with E-state index in [2.05, 4.69) is 15.0 Å². The SMILES string of the molecule is O=C(CN(CC(=O)c1ccccn1)CC(=O)c1ccccn1)c1ccccn1. The summed E-state index contributed by atoms with van der Waals surface area (Å²) in [7, 11) is 0. The number of pyridine rings is 3. The number of carbonyl (C=O) groups excluding carboxylic acids is 3. The highest BCUT2D eigenvalue weighted by atomic mass is 16.1. The molecule has 7 heteroatoms. The lowest BCUT2D eigenvalue weighted by atomic mass is 10.1. The molecule has 140 valence electrons. The molecule has 0 radical (unpaired) electrons. The van der Waals surface area contributed by atoms with Gasteiger partial charge in [-0.3, -0.25) is 34.2 Å². The predicted molar refractivity (Wildman–Crippen MR) is 102 cm³/mol. The van der Waals surface area contributed by atoms with Gasteiger partial charge in [-0.1, -0.05) is 18.2 Å². The van der Waals surface area contributed by atoms with Gasteiger partial charge in [0.2, 0.25) is 0 Å². The molecule has 0 bridgehead atoms. The number of nitrogens with zero attached hydrogens (tertiary/aromatic N) is 4. The number of hydrogen-bond donors (Lipinski definition) is 0. The Morgan fingerprint density at radius 1 is 0.571 bits per heavy atom.